The lowest BCUT2D eigenvalue weighted by molar-refractivity contribution is 0.534. The van der Waals surface area contributed by atoms with Crippen molar-refractivity contribution in [3.63, 3.8) is 0 Å². The van der Waals surface area contributed by atoms with Gasteiger partial charge in [-0.3, -0.25) is 0 Å². The molecule has 9 heteroatoms. The molecule has 0 atom stereocenters. The number of hydrogen-bond donors (Lipinski definition) is 1. The van der Waals surface area contributed by atoms with Crippen LogP contribution in [0.15, 0.2) is 26.3 Å². The molecule has 1 N–H and O–H groups in total. The fourth-order valence-electron chi connectivity index (χ4n) is 3.43. The van der Waals surface area contributed by atoms with Gasteiger partial charge >= 0.3 is 0 Å². The minimum atomic E-state index is 0.466. The quantitative estimate of drug-likeness (QED) is 0.568. The highest BCUT2D eigenvalue weighted by Gasteiger charge is 2.20. The van der Waals surface area contributed by atoms with Crippen LogP contribution in [0.2, 0.25) is 0 Å². The summed E-state index contributed by atoms with van der Waals surface area (Å²) in [7, 11) is 0. The summed E-state index contributed by atoms with van der Waals surface area (Å²) in [5.41, 5.74) is 2.94. The number of hydrogen-bond acceptors (Lipinski definition) is 8. The predicted molar refractivity (Wildman–Crippen MR) is 110 cm³/mol. The molecule has 0 aliphatic carbocycles. The van der Waals surface area contributed by atoms with E-state index in [4.69, 9.17) is 9.40 Å². The van der Waals surface area contributed by atoms with Gasteiger partial charge in [0, 0.05) is 26.2 Å². The van der Waals surface area contributed by atoms with Gasteiger partial charge in [-0.2, -0.15) is 20.1 Å². The monoisotopic (exact) mass is 433 g/mol. The Labute approximate surface area is 167 Å². The van der Waals surface area contributed by atoms with Crippen LogP contribution in [0.1, 0.15) is 44.3 Å². The molecular formula is C18H24BrN7O. The molecule has 2 fully saturated rings. The van der Waals surface area contributed by atoms with Crippen molar-refractivity contribution in [2.24, 2.45) is 5.10 Å². The molecule has 0 amide bonds. The highest BCUT2D eigenvalue weighted by molar-refractivity contribution is 9.10. The zero-order chi connectivity index (χ0) is 18.5. The summed E-state index contributed by atoms with van der Waals surface area (Å²) in [6.07, 6.45) is 8.87. The first kappa shape index (κ1) is 18.2. The number of anilines is 3. The Kier molecular flexibility index (Phi) is 5.86. The van der Waals surface area contributed by atoms with Gasteiger partial charge in [-0.25, -0.2) is 5.43 Å². The van der Waals surface area contributed by atoms with Crippen molar-refractivity contribution in [2.75, 3.05) is 41.4 Å². The largest absolute Gasteiger partial charge is 0.448 e. The van der Waals surface area contributed by atoms with Crippen LogP contribution in [0.5, 0.6) is 0 Å². The van der Waals surface area contributed by atoms with Crippen LogP contribution >= 0.6 is 15.9 Å². The summed E-state index contributed by atoms with van der Waals surface area (Å²) in [6.45, 7) is 3.97. The molecular weight excluding hydrogens is 410 g/mol. The SMILES string of the molecule is Brc1ccc(/C=N\Nc2nc(N3CCCCC3)nc(N3CCCCC3)n2)o1. The molecule has 2 aliphatic heterocycles. The fourth-order valence-corrected chi connectivity index (χ4v) is 3.74. The third-order valence-electron chi connectivity index (χ3n) is 4.84. The average Bonchev–Trinajstić information content (AvgIpc) is 3.14. The molecule has 2 saturated heterocycles. The molecule has 0 spiro atoms. The lowest BCUT2D eigenvalue weighted by Gasteiger charge is -2.30. The Morgan fingerprint density at radius 1 is 0.889 bits per heavy atom. The van der Waals surface area contributed by atoms with Crippen molar-refractivity contribution in [1.29, 1.82) is 0 Å². The zero-order valence-corrected chi connectivity index (χ0v) is 16.9. The molecule has 2 aromatic rings. The first-order valence-electron chi connectivity index (χ1n) is 9.58. The number of nitrogens with zero attached hydrogens (tertiary/aromatic N) is 6. The summed E-state index contributed by atoms with van der Waals surface area (Å²) in [4.78, 5) is 18.5. The molecule has 2 aromatic heterocycles. The number of piperidine rings is 2. The molecule has 4 rings (SSSR count). The smallest absolute Gasteiger partial charge is 0.250 e. The Bertz CT molecular complexity index is 746. The molecule has 8 nitrogen and oxygen atoms in total. The van der Waals surface area contributed by atoms with Crippen LogP contribution in [0.25, 0.3) is 0 Å². The van der Waals surface area contributed by atoms with Gasteiger partial charge in [-0.1, -0.05) is 0 Å². The molecule has 0 radical (unpaired) electrons. The maximum atomic E-state index is 5.42. The van der Waals surface area contributed by atoms with Gasteiger partial charge in [0.05, 0.1) is 6.21 Å². The number of rotatable bonds is 5. The van der Waals surface area contributed by atoms with Crippen LogP contribution in [-0.4, -0.2) is 47.3 Å². The van der Waals surface area contributed by atoms with Gasteiger partial charge in [0.2, 0.25) is 17.8 Å². The number of furan rings is 1. The molecule has 0 aromatic carbocycles. The van der Waals surface area contributed by atoms with E-state index in [1.807, 2.05) is 12.1 Å². The number of halogens is 1. The van der Waals surface area contributed by atoms with Crippen molar-refractivity contribution in [3.05, 3.63) is 22.6 Å². The molecule has 4 heterocycles. The minimum absolute atomic E-state index is 0.466. The molecule has 0 unspecified atom stereocenters. The number of nitrogens with one attached hydrogen (secondary N) is 1. The number of hydrazone groups is 1. The fraction of sp³-hybridized carbons (Fsp3) is 0.556. The van der Waals surface area contributed by atoms with Gasteiger partial charge in [0.1, 0.15) is 5.76 Å². The maximum absolute atomic E-state index is 5.42. The maximum Gasteiger partial charge on any atom is 0.250 e. The van der Waals surface area contributed by atoms with Crippen molar-refractivity contribution in [2.45, 2.75) is 38.5 Å². The summed E-state index contributed by atoms with van der Waals surface area (Å²) < 4.78 is 6.09. The van der Waals surface area contributed by atoms with E-state index in [2.05, 4.69) is 46.2 Å². The molecule has 0 saturated carbocycles. The molecule has 27 heavy (non-hydrogen) atoms. The zero-order valence-electron chi connectivity index (χ0n) is 15.3. The van der Waals surface area contributed by atoms with Crippen molar-refractivity contribution < 1.29 is 4.42 Å². The first-order valence-corrected chi connectivity index (χ1v) is 10.4. The van der Waals surface area contributed by atoms with E-state index in [0.717, 1.165) is 38.1 Å². The van der Waals surface area contributed by atoms with E-state index in [1.54, 1.807) is 6.21 Å². The summed E-state index contributed by atoms with van der Waals surface area (Å²) in [6, 6.07) is 3.66. The number of aromatic nitrogens is 3. The Morgan fingerprint density at radius 2 is 1.48 bits per heavy atom. The van der Waals surface area contributed by atoms with Crippen LogP contribution in [-0.2, 0) is 0 Å². The Morgan fingerprint density at radius 3 is 2.00 bits per heavy atom. The third kappa shape index (κ3) is 4.77. The predicted octanol–water partition coefficient (Wildman–Crippen LogP) is 3.65. The van der Waals surface area contributed by atoms with E-state index < -0.39 is 0 Å². The second kappa shape index (κ2) is 8.69. The van der Waals surface area contributed by atoms with Gasteiger partial charge in [-0.05, 0) is 66.6 Å². The average molecular weight is 434 g/mol. The summed E-state index contributed by atoms with van der Waals surface area (Å²) >= 11 is 3.28. The van der Waals surface area contributed by atoms with E-state index >= 15 is 0 Å². The topological polar surface area (TPSA) is 82.7 Å². The normalized spacial score (nSPS) is 18.3. The van der Waals surface area contributed by atoms with Gasteiger partial charge in [-0.15, -0.1) is 0 Å². The van der Waals surface area contributed by atoms with Crippen LogP contribution in [0.4, 0.5) is 17.8 Å². The molecule has 2 aliphatic rings. The second-order valence-electron chi connectivity index (χ2n) is 6.87. The highest BCUT2D eigenvalue weighted by Crippen LogP contribution is 2.22. The molecule has 0 bridgehead atoms. The lowest BCUT2D eigenvalue weighted by Crippen LogP contribution is -2.34. The van der Waals surface area contributed by atoms with E-state index in [-0.39, 0.29) is 0 Å². The van der Waals surface area contributed by atoms with Gasteiger partial charge in [0.25, 0.3) is 0 Å². The van der Waals surface area contributed by atoms with E-state index in [1.165, 1.54) is 38.5 Å². The Hall–Kier alpha value is -2.16. The minimum Gasteiger partial charge on any atom is -0.448 e. The lowest BCUT2D eigenvalue weighted by atomic mass is 10.1. The van der Waals surface area contributed by atoms with E-state index in [0.29, 0.717) is 16.4 Å². The van der Waals surface area contributed by atoms with Crippen molar-refractivity contribution in [1.82, 2.24) is 15.0 Å². The van der Waals surface area contributed by atoms with Crippen molar-refractivity contribution in [3.8, 4) is 0 Å². The highest BCUT2D eigenvalue weighted by atomic mass is 79.9. The standard InChI is InChI=1S/C18H24BrN7O/c19-15-8-7-14(27-15)13-20-24-16-21-17(25-9-3-1-4-10-25)23-18(22-16)26-11-5-2-6-12-26/h7-8,13H,1-6,9-12H2,(H,21,22,23,24)/b20-13-. The molecule has 144 valence electrons. The van der Waals surface area contributed by atoms with Crippen molar-refractivity contribution >= 4 is 40.0 Å². The summed E-state index contributed by atoms with van der Waals surface area (Å²) in [5.74, 6) is 2.59. The van der Waals surface area contributed by atoms with Crippen LogP contribution in [0, 0.1) is 0 Å². The summed E-state index contributed by atoms with van der Waals surface area (Å²) in [5, 5.41) is 4.22. The third-order valence-corrected chi connectivity index (χ3v) is 5.27. The second-order valence-corrected chi connectivity index (χ2v) is 7.65. The first-order chi connectivity index (χ1) is 13.3. The van der Waals surface area contributed by atoms with Gasteiger partial charge < -0.3 is 14.2 Å². The van der Waals surface area contributed by atoms with Crippen LogP contribution < -0.4 is 15.2 Å². The van der Waals surface area contributed by atoms with E-state index in [9.17, 15) is 0 Å². The van der Waals surface area contributed by atoms with Crippen LogP contribution in [0.3, 0.4) is 0 Å². The Balaban J connectivity index is 1.55. The van der Waals surface area contributed by atoms with Gasteiger partial charge in [0.15, 0.2) is 4.67 Å².